The van der Waals surface area contributed by atoms with Gasteiger partial charge in [-0.1, -0.05) is 35.4 Å². The van der Waals surface area contributed by atoms with Gasteiger partial charge in [0, 0.05) is 17.5 Å². The maximum Gasteiger partial charge on any atom is 0.266 e. The molecule has 2 aromatic heterocycles. The highest BCUT2D eigenvalue weighted by Crippen LogP contribution is 2.26. The van der Waals surface area contributed by atoms with Gasteiger partial charge in [0.15, 0.2) is 11.0 Å². The molecular formula is C20H15ClF2N4O2S. The molecule has 154 valence electrons. The first-order valence-corrected chi connectivity index (χ1v) is 10.4. The van der Waals surface area contributed by atoms with Gasteiger partial charge in [-0.15, -0.1) is 0 Å². The monoisotopic (exact) mass is 448 g/mol. The summed E-state index contributed by atoms with van der Waals surface area (Å²) in [5, 5.41) is 4.67. The summed E-state index contributed by atoms with van der Waals surface area (Å²) in [5.74, 6) is -0.448. The third-order valence-electron chi connectivity index (χ3n) is 4.26. The second kappa shape index (κ2) is 8.53. The first-order chi connectivity index (χ1) is 14.5. The van der Waals surface area contributed by atoms with E-state index in [1.807, 2.05) is 6.92 Å². The minimum atomic E-state index is -0.884. The highest BCUT2D eigenvalue weighted by molar-refractivity contribution is 7.98. The van der Waals surface area contributed by atoms with Gasteiger partial charge in [0.05, 0.1) is 22.3 Å². The summed E-state index contributed by atoms with van der Waals surface area (Å²) in [4.78, 5) is 22.0. The summed E-state index contributed by atoms with van der Waals surface area (Å²) >= 11 is 7.15. The Labute approximate surface area is 178 Å². The molecule has 0 saturated carbocycles. The van der Waals surface area contributed by atoms with Crippen molar-refractivity contribution in [3.8, 4) is 5.69 Å². The summed E-state index contributed by atoms with van der Waals surface area (Å²) in [6, 6.07) is 7.68. The van der Waals surface area contributed by atoms with Gasteiger partial charge in [0.1, 0.15) is 11.6 Å². The molecule has 0 atom stereocenters. The van der Waals surface area contributed by atoms with Crippen molar-refractivity contribution in [1.29, 1.82) is 0 Å². The Balaban J connectivity index is 1.82. The van der Waals surface area contributed by atoms with E-state index in [1.54, 1.807) is 12.1 Å². The Hall–Kier alpha value is -2.78. The van der Waals surface area contributed by atoms with Crippen LogP contribution < -0.4 is 5.56 Å². The quantitative estimate of drug-likeness (QED) is 0.307. The summed E-state index contributed by atoms with van der Waals surface area (Å²) < 4.78 is 34.3. The number of halogens is 3. The molecule has 0 bridgehead atoms. The average Bonchev–Trinajstić information content (AvgIpc) is 3.16. The normalized spacial score (nSPS) is 11.3. The molecule has 4 aromatic rings. The molecule has 0 saturated heterocycles. The number of hydrogen-bond acceptors (Lipinski definition) is 6. The van der Waals surface area contributed by atoms with Gasteiger partial charge in [-0.25, -0.2) is 13.8 Å². The van der Waals surface area contributed by atoms with Crippen molar-refractivity contribution in [2.24, 2.45) is 0 Å². The van der Waals surface area contributed by atoms with Crippen LogP contribution in [0, 0.1) is 11.6 Å². The smallest absolute Gasteiger partial charge is 0.266 e. The Kier molecular flexibility index (Phi) is 5.83. The van der Waals surface area contributed by atoms with Crippen LogP contribution in [0.25, 0.3) is 16.6 Å². The summed E-state index contributed by atoms with van der Waals surface area (Å²) in [7, 11) is 0. The number of fused-ring (bicyclic) bond motifs is 1. The molecule has 10 heteroatoms. The first-order valence-electron chi connectivity index (χ1n) is 9.08. The third kappa shape index (κ3) is 4.08. The van der Waals surface area contributed by atoms with E-state index in [9.17, 15) is 13.6 Å². The summed E-state index contributed by atoms with van der Waals surface area (Å²) in [5.41, 5.74) is -0.231. The molecule has 0 N–H and O–H groups in total. The maximum absolute atomic E-state index is 14.5. The molecular weight excluding hydrogens is 434 g/mol. The van der Waals surface area contributed by atoms with Crippen LogP contribution in [0.1, 0.15) is 25.1 Å². The maximum atomic E-state index is 14.5. The van der Waals surface area contributed by atoms with E-state index >= 15 is 0 Å². The zero-order chi connectivity index (χ0) is 21.3. The van der Waals surface area contributed by atoms with Crippen LogP contribution in [0.5, 0.6) is 0 Å². The van der Waals surface area contributed by atoms with Crippen molar-refractivity contribution >= 4 is 34.3 Å². The molecule has 0 radical (unpaired) electrons. The fourth-order valence-corrected chi connectivity index (χ4v) is 3.92. The van der Waals surface area contributed by atoms with Crippen molar-refractivity contribution in [1.82, 2.24) is 19.7 Å². The van der Waals surface area contributed by atoms with E-state index in [0.29, 0.717) is 34.7 Å². The second-order valence-electron chi connectivity index (χ2n) is 6.44. The van der Waals surface area contributed by atoms with E-state index in [4.69, 9.17) is 16.1 Å². The van der Waals surface area contributed by atoms with Crippen LogP contribution >= 0.6 is 23.4 Å². The largest absolute Gasteiger partial charge is 0.338 e. The molecule has 2 heterocycles. The summed E-state index contributed by atoms with van der Waals surface area (Å²) in [6.07, 6.45) is 1.57. The molecule has 6 nitrogen and oxygen atoms in total. The van der Waals surface area contributed by atoms with Crippen LogP contribution in [-0.4, -0.2) is 19.7 Å². The number of aromatic nitrogens is 4. The van der Waals surface area contributed by atoms with Crippen molar-refractivity contribution in [2.45, 2.75) is 30.7 Å². The standard InChI is InChI=1S/C20H15ClF2N4O2S/c1-2-3-17-25-18(29-26-17)10-30-20-24-15-6-4-11(21)8-13(15)19(28)27(20)16-7-5-12(22)9-14(16)23/h4-9H,2-3,10H2,1H3. The zero-order valence-electron chi connectivity index (χ0n) is 15.7. The summed E-state index contributed by atoms with van der Waals surface area (Å²) in [6.45, 7) is 2.01. The van der Waals surface area contributed by atoms with Crippen molar-refractivity contribution in [2.75, 3.05) is 0 Å². The first kappa shape index (κ1) is 20.5. The number of thioether (sulfide) groups is 1. The number of nitrogens with zero attached hydrogens (tertiary/aromatic N) is 4. The molecule has 0 aliphatic rings. The lowest BCUT2D eigenvalue weighted by Gasteiger charge is -2.13. The molecule has 0 unspecified atom stereocenters. The van der Waals surface area contributed by atoms with Gasteiger partial charge in [-0.05, 0) is 36.8 Å². The van der Waals surface area contributed by atoms with E-state index < -0.39 is 17.2 Å². The topological polar surface area (TPSA) is 73.8 Å². The van der Waals surface area contributed by atoms with Crippen molar-refractivity contribution < 1.29 is 13.3 Å². The average molecular weight is 449 g/mol. The minimum Gasteiger partial charge on any atom is -0.338 e. The van der Waals surface area contributed by atoms with Crippen LogP contribution in [0.4, 0.5) is 8.78 Å². The molecule has 0 fully saturated rings. The lowest BCUT2D eigenvalue weighted by Crippen LogP contribution is -2.22. The predicted octanol–water partition coefficient (Wildman–Crippen LogP) is 4.95. The van der Waals surface area contributed by atoms with Crippen molar-refractivity contribution in [3.05, 3.63) is 75.1 Å². The fourth-order valence-electron chi connectivity index (χ4n) is 2.91. The molecule has 2 aromatic carbocycles. The van der Waals surface area contributed by atoms with Gasteiger partial charge in [-0.3, -0.25) is 9.36 Å². The third-order valence-corrected chi connectivity index (χ3v) is 5.42. The Bertz CT molecular complexity index is 1290. The molecule has 0 spiro atoms. The number of aryl methyl sites for hydroxylation is 1. The van der Waals surface area contributed by atoms with E-state index in [2.05, 4.69) is 15.1 Å². The molecule has 30 heavy (non-hydrogen) atoms. The minimum absolute atomic E-state index is 0.115. The van der Waals surface area contributed by atoms with Gasteiger partial charge < -0.3 is 4.52 Å². The van der Waals surface area contributed by atoms with E-state index in [-0.39, 0.29) is 22.0 Å². The van der Waals surface area contributed by atoms with E-state index in [0.717, 1.165) is 28.8 Å². The van der Waals surface area contributed by atoms with Gasteiger partial charge in [-0.2, -0.15) is 4.98 Å². The molecule has 4 rings (SSSR count). The number of rotatable bonds is 6. The SMILES string of the molecule is CCCc1noc(CSc2nc3ccc(Cl)cc3c(=O)n2-c2ccc(F)cc2F)n1. The van der Waals surface area contributed by atoms with Crippen LogP contribution in [0.3, 0.4) is 0 Å². The lowest BCUT2D eigenvalue weighted by atomic mass is 10.2. The van der Waals surface area contributed by atoms with Crippen LogP contribution in [-0.2, 0) is 12.2 Å². The molecule has 0 amide bonds. The lowest BCUT2D eigenvalue weighted by molar-refractivity contribution is 0.384. The second-order valence-corrected chi connectivity index (χ2v) is 7.81. The zero-order valence-corrected chi connectivity index (χ0v) is 17.3. The van der Waals surface area contributed by atoms with E-state index in [1.165, 1.54) is 12.1 Å². The Morgan fingerprint density at radius 2 is 2.00 bits per heavy atom. The number of hydrogen-bond donors (Lipinski definition) is 0. The van der Waals surface area contributed by atoms with Crippen LogP contribution in [0.15, 0.2) is 50.9 Å². The highest BCUT2D eigenvalue weighted by Gasteiger charge is 2.18. The predicted molar refractivity (Wildman–Crippen MR) is 110 cm³/mol. The van der Waals surface area contributed by atoms with Gasteiger partial charge >= 0.3 is 0 Å². The van der Waals surface area contributed by atoms with Gasteiger partial charge in [0.2, 0.25) is 5.89 Å². The Morgan fingerprint density at radius 3 is 2.77 bits per heavy atom. The Morgan fingerprint density at radius 1 is 1.17 bits per heavy atom. The van der Waals surface area contributed by atoms with Crippen molar-refractivity contribution in [3.63, 3.8) is 0 Å². The van der Waals surface area contributed by atoms with Gasteiger partial charge in [0.25, 0.3) is 5.56 Å². The number of benzene rings is 2. The molecule has 0 aliphatic carbocycles. The highest BCUT2D eigenvalue weighted by atomic mass is 35.5. The molecule has 0 aliphatic heterocycles. The van der Waals surface area contributed by atoms with Crippen LogP contribution in [0.2, 0.25) is 5.02 Å². The fraction of sp³-hybridized carbons (Fsp3) is 0.200.